The van der Waals surface area contributed by atoms with Gasteiger partial charge < -0.3 is 20.3 Å². The molecule has 2 unspecified atom stereocenters. The van der Waals surface area contributed by atoms with Gasteiger partial charge in [0.05, 0.1) is 18.5 Å². The number of likely N-dealkylation sites (N-methyl/N-ethyl adjacent to an activating group) is 1. The van der Waals surface area contributed by atoms with Crippen molar-refractivity contribution in [1.29, 1.82) is 0 Å². The van der Waals surface area contributed by atoms with Crippen LogP contribution >= 0.6 is 0 Å². The van der Waals surface area contributed by atoms with E-state index in [1.165, 1.54) is 0 Å². The third kappa shape index (κ3) is 3.14. The summed E-state index contributed by atoms with van der Waals surface area (Å²) in [5.74, 6) is 1.03. The van der Waals surface area contributed by atoms with Crippen molar-refractivity contribution in [2.75, 3.05) is 20.7 Å². The van der Waals surface area contributed by atoms with Crippen LogP contribution in [0.4, 0.5) is 0 Å². The maximum Gasteiger partial charge on any atom is 0.118 e. The highest BCUT2D eigenvalue weighted by Gasteiger charge is 2.39. The van der Waals surface area contributed by atoms with Crippen molar-refractivity contribution in [2.24, 2.45) is 0 Å². The molecule has 0 radical (unpaired) electrons. The van der Waals surface area contributed by atoms with Crippen LogP contribution in [-0.2, 0) is 0 Å². The Morgan fingerprint density at radius 3 is 2.60 bits per heavy atom. The predicted octanol–water partition coefficient (Wildman–Crippen LogP) is 2.36. The molecule has 1 aliphatic carbocycles. The number of aliphatic hydroxyl groups is 2. The molecule has 0 spiro atoms. The third-order valence-electron chi connectivity index (χ3n) is 4.02. The number of hydrogen-bond acceptors (Lipinski definition) is 4. The summed E-state index contributed by atoms with van der Waals surface area (Å²) < 4.78 is 5.17. The monoisotopic (exact) mass is 277 g/mol. The normalized spacial score (nSPS) is 24.1. The van der Waals surface area contributed by atoms with Crippen molar-refractivity contribution in [3.63, 3.8) is 0 Å². The second-order valence-electron chi connectivity index (χ2n) is 5.40. The molecule has 0 heterocycles. The van der Waals surface area contributed by atoms with Gasteiger partial charge in [-0.15, -0.1) is 0 Å². The molecular weight excluding hydrogens is 254 g/mol. The van der Waals surface area contributed by atoms with E-state index in [2.05, 4.69) is 5.32 Å². The van der Waals surface area contributed by atoms with E-state index < -0.39 is 5.60 Å². The molecule has 4 nitrogen and oxygen atoms in total. The molecule has 1 aromatic carbocycles. The number of benzene rings is 1. The molecule has 20 heavy (non-hydrogen) atoms. The van der Waals surface area contributed by atoms with Crippen LogP contribution in [0.1, 0.15) is 30.7 Å². The van der Waals surface area contributed by atoms with Crippen LogP contribution in [0.15, 0.2) is 36.1 Å². The molecular formula is C16H23NO3. The molecule has 110 valence electrons. The minimum absolute atomic E-state index is 0.0609. The van der Waals surface area contributed by atoms with E-state index in [1.54, 1.807) is 13.2 Å². The number of rotatable bonds is 5. The highest BCUT2D eigenvalue weighted by Crippen LogP contribution is 2.39. The number of nitrogens with one attached hydrogen (secondary N) is 1. The lowest BCUT2D eigenvalue weighted by Crippen LogP contribution is -2.42. The SMILES string of the molecule is CNCC(c1ccc(OC)cc1)C1(O)CCC=C(O)C1. The van der Waals surface area contributed by atoms with Gasteiger partial charge in [0, 0.05) is 18.9 Å². The summed E-state index contributed by atoms with van der Waals surface area (Å²) in [5.41, 5.74) is 0.147. The van der Waals surface area contributed by atoms with E-state index in [1.807, 2.05) is 31.3 Å². The minimum atomic E-state index is -0.906. The van der Waals surface area contributed by atoms with Gasteiger partial charge in [0.15, 0.2) is 0 Å². The minimum Gasteiger partial charge on any atom is -0.513 e. The van der Waals surface area contributed by atoms with Gasteiger partial charge in [-0.05, 0) is 43.7 Å². The highest BCUT2D eigenvalue weighted by atomic mass is 16.5. The second kappa shape index (κ2) is 6.29. The molecule has 4 heteroatoms. The molecule has 0 bridgehead atoms. The van der Waals surface area contributed by atoms with E-state index >= 15 is 0 Å². The van der Waals surface area contributed by atoms with Gasteiger partial charge in [-0.1, -0.05) is 12.1 Å². The zero-order valence-electron chi connectivity index (χ0n) is 12.1. The topological polar surface area (TPSA) is 61.7 Å². The lowest BCUT2D eigenvalue weighted by Gasteiger charge is -2.38. The van der Waals surface area contributed by atoms with Crippen molar-refractivity contribution in [3.8, 4) is 5.75 Å². The van der Waals surface area contributed by atoms with Gasteiger partial charge in [-0.3, -0.25) is 0 Å². The van der Waals surface area contributed by atoms with Crippen molar-refractivity contribution in [3.05, 3.63) is 41.7 Å². The van der Waals surface area contributed by atoms with Gasteiger partial charge in [0.1, 0.15) is 5.75 Å². The van der Waals surface area contributed by atoms with Crippen LogP contribution in [0.25, 0.3) is 0 Å². The average Bonchev–Trinajstić information content (AvgIpc) is 2.44. The molecule has 1 aromatic rings. The Morgan fingerprint density at radius 2 is 2.05 bits per heavy atom. The number of hydrogen-bond donors (Lipinski definition) is 3. The van der Waals surface area contributed by atoms with Crippen LogP contribution in [0, 0.1) is 0 Å². The fraction of sp³-hybridized carbons (Fsp3) is 0.500. The maximum absolute atomic E-state index is 10.9. The summed E-state index contributed by atoms with van der Waals surface area (Å²) in [7, 11) is 3.51. The van der Waals surface area contributed by atoms with Crippen LogP contribution in [-0.4, -0.2) is 36.5 Å². The zero-order valence-corrected chi connectivity index (χ0v) is 12.1. The maximum atomic E-state index is 10.9. The van der Waals surface area contributed by atoms with Crippen LogP contribution in [0.5, 0.6) is 5.75 Å². The van der Waals surface area contributed by atoms with E-state index in [-0.39, 0.29) is 11.7 Å². The molecule has 1 aliphatic rings. The quantitative estimate of drug-likeness (QED) is 0.773. The number of aliphatic hydroxyl groups excluding tert-OH is 1. The Hall–Kier alpha value is -1.52. The molecule has 0 saturated carbocycles. The average molecular weight is 277 g/mol. The van der Waals surface area contributed by atoms with Crippen molar-refractivity contribution in [1.82, 2.24) is 5.32 Å². The molecule has 0 fully saturated rings. The Labute approximate surface area is 120 Å². The summed E-state index contributed by atoms with van der Waals surface area (Å²) in [6.07, 6.45) is 3.47. The van der Waals surface area contributed by atoms with Crippen molar-refractivity contribution in [2.45, 2.75) is 30.8 Å². The van der Waals surface area contributed by atoms with E-state index in [0.717, 1.165) is 11.3 Å². The summed E-state index contributed by atoms with van der Waals surface area (Å²) in [5, 5.41) is 23.8. The Bertz CT molecular complexity index is 469. The first-order chi connectivity index (χ1) is 9.59. The smallest absolute Gasteiger partial charge is 0.118 e. The second-order valence-corrected chi connectivity index (χ2v) is 5.40. The van der Waals surface area contributed by atoms with Crippen LogP contribution in [0.2, 0.25) is 0 Å². The Morgan fingerprint density at radius 1 is 1.35 bits per heavy atom. The Balaban J connectivity index is 2.27. The first kappa shape index (κ1) is 14.9. The van der Waals surface area contributed by atoms with Crippen LogP contribution < -0.4 is 10.1 Å². The molecule has 0 aliphatic heterocycles. The lowest BCUT2D eigenvalue weighted by molar-refractivity contribution is -0.00902. The largest absolute Gasteiger partial charge is 0.513 e. The number of allylic oxidation sites excluding steroid dienone is 1. The van der Waals surface area contributed by atoms with E-state index in [0.29, 0.717) is 25.8 Å². The molecule has 2 rings (SSSR count). The first-order valence-electron chi connectivity index (χ1n) is 6.98. The molecule has 0 aromatic heterocycles. The molecule has 0 amide bonds. The molecule has 2 atom stereocenters. The van der Waals surface area contributed by atoms with Crippen LogP contribution in [0.3, 0.4) is 0 Å². The van der Waals surface area contributed by atoms with Gasteiger partial charge in [0.25, 0.3) is 0 Å². The third-order valence-corrected chi connectivity index (χ3v) is 4.02. The fourth-order valence-corrected chi connectivity index (χ4v) is 2.92. The van der Waals surface area contributed by atoms with Gasteiger partial charge in [0.2, 0.25) is 0 Å². The van der Waals surface area contributed by atoms with E-state index in [9.17, 15) is 10.2 Å². The first-order valence-corrected chi connectivity index (χ1v) is 6.98. The van der Waals surface area contributed by atoms with Crippen molar-refractivity contribution < 1.29 is 14.9 Å². The van der Waals surface area contributed by atoms with Gasteiger partial charge in [-0.2, -0.15) is 0 Å². The van der Waals surface area contributed by atoms with Crippen molar-refractivity contribution >= 4 is 0 Å². The summed E-state index contributed by atoms with van der Waals surface area (Å²) in [4.78, 5) is 0. The van der Waals surface area contributed by atoms with Gasteiger partial charge >= 0.3 is 0 Å². The standard InChI is InChI=1S/C16H23NO3/c1-17-11-15(12-5-7-14(20-2)8-6-12)16(19)9-3-4-13(18)10-16/h4-8,15,17-19H,3,9-11H2,1-2H3. The highest BCUT2D eigenvalue weighted by molar-refractivity contribution is 5.32. The van der Waals surface area contributed by atoms with Gasteiger partial charge in [-0.25, -0.2) is 0 Å². The summed E-state index contributed by atoms with van der Waals surface area (Å²) in [6.45, 7) is 0.663. The van der Waals surface area contributed by atoms with E-state index in [4.69, 9.17) is 4.74 Å². The molecule has 3 N–H and O–H groups in total. The fourth-order valence-electron chi connectivity index (χ4n) is 2.92. The number of methoxy groups -OCH3 is 1. The summed E-state index contributed by atoms with van der Waals surface area (Å²) >= 11 is 0. The number of ether oxygens (including phenoxy) is 1. The summed E-state index contributed by atoms with van der Waals surface area (Å²) in [6, 6.07) is 7.77. The zero-order chi connectivity index (χ0) is 14.6. The lowest BCUT2D eigenvalue weighted by atomic mass is 9.74. The Kier molecular flexibility index (Phi) is 4.68. The molecule has 0 saturated heterocycles. The predicted molar refractivity (Wildman–Crippen MR) is 79.2 cm³/mol.